The van der Waals surface area contributed by atoms with Crippen molar-refractivity contribution in [3.05, 3.63) is 83.9 Å². The lowest BCUT2D eigenvalue weighted by atomic mass is 10.2. The molecule has 6 nitrogen and oxygen atoms in total. The van der Waals surface area contributed by atoms with E-state index in [0.29, 0.717) is 22.2 Å². The molecule has 30 heavy (non-hydrogen) atoms. The van der Waals surface area contributed by atoms with Gasteiger partial charge >= 0.3 is 0 Å². The van der Waals surface area contributed by atoms with Crippen LogP contribution >= 0.6 is 11.6 Å². The number of amides is 1. The Bertz CT molecular complexity index is 1110. The summed E-state index contributed by atoms with van der Waals surface area (Å²) in [6.07, 6.45) is 0. The van der Waals surface area contributed by atoms with Crippen LogP contribution in [0.2, 0.25) is 5.02 Å². The Hall–Kier alpha value is -2.87. The topological polar surface area (TPSA) is 75.7 Å². The quantitative estimate of drug-likeness (QED) is 0.542. The van der Waals surface area contributed by atoms with Crippen molar-refractivity contribution in [3.8, 4) is 11.5 Å². The van der Waals surface area contributed by atoms with Crippen LogP contribution in [0.5, 0.6) is 11.5 Å². The second-order valence-electron chi connectivity index (χ2n) is 6.35. The Morgan fingerprint density at radius 3 is 2.27 bits per heavy atom. The number of sulfonamides is 1. The van der Waals surface area contributed by atoms with Crippen molar-refractivity contribution in [3.63, 3.8) is 0 Å². The molecule has 1 amide bonds. The average Bonchev–Trinajstić information content (AvgIpc) is 2.75. The largest absolute Gasteiger partial charge is 0.455 e. The van der Waals surface area contributed by atoms with Gasteiger partial charge in [-0.05, 0) is 42.5 Å². The molecule has 0 radical (unpaired) electrons. The molecule has 0 saturated heterocycles. The Kier molecular flexibility index (Phi) is 7.10. The van der Waals surface area contributed by atoms with Crippen LogP contribution in [-0.4, -0.2) is 31.7 Å². The van der Waals surface area contributed by atoms with Crippen molar-refractivity contribution in [2.24, 2.45) is 0 Å². The maximum absolute atomic E-state index is 12.8. The third-order valence-corrected chi connectivity index (χ3v) is 6.41. The molecule has 3 rings (SSSR count). The van der Waals surface area contributed by atoms with Gasteiger partial charge in [-0.3, -0.25) is 4.79 Å². The molecule has 0 aromatic heterocycles. The van der Waals surface area contributed by atoms with Crippen LogP contribution in [0.25, 0.3) is 0 Å². The summed E-state index contributed by atoms with van der Waals surface area (Å²) in [5.74, 6) is 0.488. The Balaban J connectivity index is 1.77. The smallest absolute Gasteiger partial charge is 0.243 e. The van der Waals surface area contributed by atoms with Crippen molar-refractivity contribution in [2.45, 2.75) is 11.8 Å². The van der Waals surface area contributed by atoms with Gasteiger partial charge in [0, 0.05) is 11.6 Å². The number of ether oxygens (including phenoxy) is 1. The summed E-state index contributed by atoms with van der Waals surface area (Å²) in [7, 11) is -3.79. The van der Waals surface area contributed by atoms with Crippen molar-refractivity contribution < 1.29 is 17.9 Å². The summed E-state index contributed by atoms with van der Waals surface area (Å²) in [5, 5.41) is 3.12. The summed E-state index contributed by atoms with van der Waals surface area (Å²) < 4.78 is 32.6. The highest BCUT2D eigenvalue weighted by Crippen LogP contribution is 2.32. The number of benzene rings is 3. The molecule has 3 aromatic carbocycles. The maximum atomic E-state index is 12.8. The molecule has 0 saturated carbocycles. The number of halogens is 1. The van der Waals surface area contributed by atoms with E-state index in [2.05, 4.69) is 5.32 Å². The van der Waals surface area contributed by atoms with Gasteiger partial charge in [0.05, 0.1) is 17.1 Å². The van der Waals surface area contributed by atoms with E-state index in [1.54, 1.807) is 55.5 Å². The molecule has 0 unspecified atom stereocenters. The second kappa shape index (κ2) is 9.75. The number of nitrogens with zero attached hydrogens (tertiary/aromatic N) is 1. The highest BCUT2D eigenvalue weighted by Gasteiger charge is 2.25. The number of para-hydroxylation sites is 1. The van der Waals surface area contributed by atoms with Crippen LogP contribution in [0.15, 0.2) is 83.8 Å². The molecule has 0 heterocycles. The number of nitrogens with one attached hydrogen (secondary N) is 1. The van der Waals surface area contributed by atoms with Crippen LogP contribution < -0.4 is 10.1 Å². The fraction of sp³-hybridized carbons (Fsp3) is 0.136. The molecule has 0 atom stereocenters. The SMILES string of the molecule is CCN(CC(=O)Nc1cc(Cl)ccc1Oc1ccccc1)S(=O)(=O)c1ccccc1. The van der Waals surface area contributed by atoms with Crippen molar-refractivity contribution in [2.75, 3.05) is 18.4 Å². The first-order valence-electron chi connectivity index (χ1n) is 9.27. The summed E-state index contributed by atoms with van der Waals surface area (Å²) in [6, 6.07) is 21.9. The summed E-state index contributed by atoms with van der Waals surface area (Å²) in [4.78, 5) is 12.8. The number of hydrogen-bond donors (Lipinski definition) is 1. The number of carbonyl (C=O) groups is 1. The first-order valence-corrected chi connectivity index (χ1v) is 11.1. The Morgan fingerprint density at radius 2 is 1.63 bits per heavy atom. The van der Waals surface area contributed by atoms with Gasteiger partial charge in [0.2, 0.25) is 15.9 Å². The average molecular weight is 445 g/mol. The third kappa shape index (κ3) is 5.38. The molecule has 0 aliphatic carbocycles. The molecule has 8 heteroatoms. The van der Waals surface area contributed by atoms with Crippen molar-refractivity contribution in [1.82, 2.24) is 4.31 Å². The van der Waals surface area contributed by atoms with Gasteiger partial charge in [-0.25, -0.2) is 8.42 Å². The molecule has 156 valence electrons. The maximum Gasteiger partial charge on any atom is 0.243 e. The first-order chi connectivity index (χ1) is 14.4. The first kappa shape index (κ1) is 21.8. The predicted octanol–water partition coefficient (Wildman–Crippen LogP) is 4.78. The molecule has 3 aromatic rings. The van der Waals surface area contributed by atoms with E-state index in [1.807, 2.05) is 18.2 Å². The zero-order valence-electron chi connectivity index (χ0n) is 16.3. The highest BCUT2D eigenvalue weighted by molar-refractivity contribution is 7.89. The molecule has 0 fully saturated rings. The van der Waals surface area contributed by atoms with Gasteiger partial charge in [0.1, 0.15) is 5.75 Å². The van der Waals surface area contributed by atoms with Crippen molar-refractivity contribution >= 4 is 33.2 Å². The lowest BCUT2D eigenvalue weighted by Gasteiger charge is -2.20. The van der Waals surface area contributed by atoms with E-state index in [1.165, 1.54) is 12.1 Å². The minimum Gasteiger partial charge on any atom is -0.455 e. The molecule has 0 spiro atoms. The van der Waals surface area contributed by atoms with Gasteiger partial charge < -0.3 is 10.1 Å². The number of likely N-dealkylation sites (N-methyl/N-ethyl adjacent to an activating group) is 1. The van der Waals surface area contributed by atoms with Crippen LogP contribution in [0.4, 0.5) is 5.69 Å². The molecular weight excluding hydrogens is 424 g/mol. The zero-order chi connectivity index (χ0) is 21.6. The highest BCUT2D eigenvalue weighted by atomic mass is 35.5. The van der Waals surface area contributed by atoms with Crippen LogP contribution in [-0.2, 0) is 14.8 Å². The monoisotopic (exact) mass is 444 g/mol. The van der Waals surface area contributed by atoms with E-state index >= 15 is 0 Å². The fourth-order valence-electron chi connectivity index (χ4n) is 2.76. The van der Waals surface area contributed by atoms with E-state index < -0.39 is 15.9 Å². The normalized spacial score (nSPS) is 11.3. The summed E-state index contributed by atoms with van der Waals surface area (Å²) >= 11 is 6.08. The standard InChI is InChI=1S/C22H21ClN2O4S/c1-2-25(30(27,28)19-11-7-4-8-12-19)16-22(26)24-20-15-17(23)13-14-21(20)29-18-9-5-3-6-10-18/h3-15H,2,16H2,1H3,(H,24,26). The number of hydrogen-bond acceptors (Lipinski definition) is 4. The summed E-state index contributed by atoms with van der Waals surface area (Å²) in [5.41, 5.74) is 0.351. The lowest BCUT2D eigenvalue weighted by molar-refractivity contribution is -0.116. The van der Waals surface area contributed by atoms with Gasteiger partial charge in [-0.1, -0.05) is 54.9 Å². The molecule has 0 bridgehead atoms. The number of rotatable bonds is 8. The fourth-order valence-corrected chi connectivity index (χ4v) is 4.36. The summed E-state index contributed by atoms with van der Waals surface area (Å²) in [6.45, 7) is 1.48. The molecule has 0 aliphatic heterocycles. The van der Waals surface area contributed by atoms with Crippen LogP contribution in [0.3, 0.4) is 0 Å². The van der Waals surface area contributed by atoms with E-state index in [4.69, 9.17) is 16.3 Å². The van der Waals surface area contributed by atoms with Gasteiger partial charge in [-0.15, -0.1) is 0 Å². The number of anilines is 1. The minimum atomic E-state index is -3.79. The van der Waals surface area contributed by atoms with Gasteiger partial charge in [0.15, 0.2) is 5.75 Å². The van der Waals surface area contributed by atoms with Gasteiger partial charge in [0.25, 0.3) is 0 Å². The molecule has 1 N–H and O–H groups in total. The minimum absolute atomic E-state index is 0.135. The lowest BCUT2D eigenvalue weighted by Crippen LogP contribution is -2.37. The predicted molar refractivity (Wildman–Crippen MR) is 117 cm³/mol. The number of carbonyl (C=O) groups excluding carboxylic acids is 1. The molecule has 0 aliphatic rings. The third-order valence-electron chi connectivity index (χ3n) is 4.24. The zero-order valence-corrected chi connectivity index (χ0v) is 17.9. The van der Waals surface area contributed by atoms with E-state index in [9.17, 15) is 13.2 Å². The van der Waals surface area contributed by atoms with Gasteiger partial charge in [-0.2, -0.15) is 4.31 Å². The van der Waals surface area contributed by atoms with Crippen LogP contribution in [0.1, 0.15) is 6.92 Å². The Labute approximate surface area is 181 Å². The van der Waals surface area contributed by atoms with Crippen molar-refractivity contribution in [1.29, 1.82) is 0 Å². The van der Waals surface area contributed by atoms with Crippen LogP contribution in [0, 0.1) is 0 Å². The second-order valence-corrected chi connectivity index (χ2v) is 8.72. The van der Waals surface area contributed by atoms with E-state index in [-0.39, 0.29) is 18.0 Å². The molecular formula is C22H21ClN2O4S. The van der Waals surface area contributed by atoms with E-state index in [0.717, 1.165) is 4.31 Å². The Morgan fingerprint density at radius 1 is 1.00 bits per heavy atom.